The summed E-state index contributed by atoms with van der Waals surface area (Å²) in [4.78, 5) is 12.4. The second-order valence-electron chi connectivity index (χ2n) is 6.84. The molecule has 1 aromatic heterocycles. The van der Waals surface area contributed by atoms with Crippen molar-refractivity contribution in [2.75, 3.05) is 6.54 Å². The predicted molar refractivity (Wildman–Crippen MR) is 98.5 cm³/mol. The third-order valence-electron chi connectivity index (χ3n) is 4.58. The van der Waals surface area contributed by atoms with Crippen LogP contribution in [0.15, 0.2) is 12.1 Å². The van der Waals surface area contributed by atoms with Crippen LogP contribution in [-0.4, -0.2) is 33.3 Å². The van der Waals surface area contributed by atoms with Gasteiger partial charge in [-0.3, -0.25) is 9.89 Å². The molecule has 2 aromatic rings. The van der Waals surface area contributed by atoms with Crippen LogP contribution >= 0.6 is 12.2 Å². The number of nitrogens with zero attached hydrogens (tertiary/aromatic N) is 2. The number of rotatable bonds is 5. The van der Waals surface area contributed by atoms with E-state index in [-0.39, 0.29) is 11.8 Å². The van der Waals surface area contributed by atoms with E-state index in [1.807, 2.05) is 17.6 Å². The number of carbonyl (C=O) groups is 1. The molecular formula is C18H24N4O2S. The minimum Gasteiger partial charge on any atom is -0.480 e. The lowest BCUT2D eigenvalue weighted by molar-refractivity contribution is -0.127. The van der Waals surface area contributed by atoms with Gasteiger partial charge in [0.1, 0.15) is 11.6 Å². The molecule has 1 aliphatic rings. The van der Waals surface area contributed by atoms with Crippen LogP contribution in [0.2, 0.25) is 0 Å². The number of aryl methyl sites for hydroxylation is 2. The Morgan fingerprint density at radius 1 is 1.44 bits per heavy atom. The van der Waals surface area contributed by atoms with Crippen molar-refractivity contribution in [3.63, 3.8) is 0 Å². The molecule has 0 bridgehead atoms. The second kappa shape index (κ2) is 7.00. The number of nitrogens with one attached hydrogen (secondary N) is 2. The SMILES string of the molecule is Cc1cc2c(cc1C)O[C@@H](C(=O)NCCn1c(C(C)C)n[nH]c1=S)C2. The predicted octanol–water partition coefficient (Wildman–Crippen LogP) is 2.80. The van der Waals surface area contributed by atoms with Crippen LogP contribution in [0.4, 0.5) is 0 Å². The number of ether oxygens (including phenoxy) is 1. The maximum absolute atomic E-state index is 12.4. The molecule has 2 N–H and O–H groups in total. The Morgan fingerprint density at radius 3 is 2.88 bits per heavy atom. The quantitative estimate of drug-likeness (QED) is 0.805. The first-order valence-corrected chi connectivity index (χ1v) is 8.97. The van der Waals surface area contributed by atoms with Gasteiger partial charge in [-0.2, -0.15) is 5.10 Å². The van der Waals surface area contributed by atoms with E-state index in [4.69, 9.17) is 17.0 Å². The van der Waals surface area contributed by atoms with Crippen LogP contribution in [0.5, 0.6) is 5.75 Å². The fourth-order valence-electron chi connectivity index (χ4n) is 3.05. The first-order chi connectivity index (χ1) is 11.9. The molecule has 0 radical (unpaired) electrons. The topological polar surface area (TPSA) is 71.9 Å². The Morgan fingerprint density at radius 2 is 2.16 bits per heavy atom. The van der Waals surface area contributed by atoms with E-state index in [1.54, 1.807) is 0 Å². The zero-order chi connectivity index (χ0) is 18.1. The van der Waals surface area contributed by atoms with Gasteiger partial charge in [0, 0.05) is 25.4 Å². The van der Waals surface area contributed by atoms with Gasteiger partial charge >= 0.3 is 0 Å². The van der Waals surface area contributed by atoms with Crippen molar-refractivity contribution in [3.05, 3.63) is 39.4 Å². The Bertz CT molecular complexity index is 822. The number of H-pyrrole nitrogens is 1. The first kappa shape index (κ1) is 17.7. The third-order valence-corrected chi connectivity index (χ3v) is 4.89. The summed E-state index contributed by atoms with van der Waals surface area (Å²) in [6, 6.07) is 4.12. The zero-order valence-corrected chi connectivity index (χ0v) is 15.9. The van der Waals surface area contributed by atoms with Crippen LogP contribution in [0.3, 0.4) is 0 Å². The summed E-state index contributed by atoms with van der Waals surface area (Å²) >= 11 is 5.26. The normalized spacial score (nSPS) is 16.0. The lowest BCUT2D eigenvalue weighted by atomic mass is 10.0. The number of hydrogen-bond acceptors (Lipinski definition) is 4. The number of amides is 1. The maximum atomic E-state index is 12.4. The molecule has 0 aliphatic carbocycles. The van der Waals surface area contributed by atoms with E-state index >= 15 is 0 Å². The van der Waals surface area contributed by atoms with Gasteiger partial charge in [0.2, 0.25) is 0 Å². The molecule has 6 nitrogen and oxygen atoms in total. The standard InChI is InChI=1S/C18H24N4O2S/c1-10(2)16-20-21-18(25)22(16)6-5-19-17(23)15-9-13-7-11(3)12(4)8-14(13)24-15/h7-8,10,15H,5-6,9H2,1-4H3,(H,19,23)(H,21,25)/t15-/m1/s1. The Balaban J connectivity index is 1.58. The molecule has 7 heteroatoms. The van der Waals surface area contributed by atoms with Crippen LogP contribution in [0.25, 0.3) is 0 Å². The Labute approximate surface area is 152 Å². The average Bonchev–Trinajstić information content (AvgIpc) is 3.12. The molecule has 25 heavy (non-hydrogen) atoms. The minimum absolute atomic E-state index is 0.0902. The number of aromatic amines is 1. The molecule has 0 unspecified atom stereocenters. The highest BCUT2D eigenvalue weighted by molar-refractivity contribution is 7.71. The lowest BCUT2D eigenvalue weighted by Crippen LogP contribution is -2.39. The number of hydrogen-bond donors (Lipinski definition) is 2. The van der Waals surface area contributed by atoms with Gasteiger partial charge in [0.25, 0.3) is 5.91 Å². The smallest absolute Gasteiger partial charge is 0.261 e. The summed E-state index contributed by atoms with van der Waals surface area (Å²) in [6.07, 6.45) is 0.156. The summed E-state index contributed by atoms with van der Waals surface area (Å²) < 4.78 is 8.33. The molecule has 0 fully saturated rings. The third kappa shape index (κ3) is 3.61. The van der Waals surface area contributed by atoms with Crippen LogP contribution in [-0.2, 0) is 17.8 Å². The van der Waals surface area contributed by atoms with Gasteiger partial charge in [-0.05, 0) is 48.8 Å². The Kier molecular flexibility index (Phi) is 4.94. The number of aromatic nitrogens is 3. The molecule has 1 atom stereocenters. The van der Waals surface area contributed by atoms with Gasteiger partial charge < -0.3 is 14.6 Å². The molecule has 1 aromatic carbocycles. The highest BCUT2D eigenvalue weighted by atomic mass is 32.1. The van der Waals surface area contributed by atoms with E-state index in [9.17, 15) is 4.79 Å². The molecule has 0 saturated carbocycles. The van der Waals surface area contributed by atoms with Gasteiger partial charge in [0.05, 0.1) is 0 Å². The van der Waals surface area contributed by atoms with E-state index < -0.39 is 6.10 Å². The summed E-state index contributed by atoms with van der Waals surface area (Å²) in [5.41, 5.74) is 3.50. The van der Waals surface area contributed by atoms with E-state index in [1.165, 1.54) is 11.1 Å². The number of carbonyl (C=O) groups excluding carboxylic acids is 1. The van der Waals surface area contributed by atoms with Crippen molar-refractivity contribution in [2.24, 2.45) is 0 Å². The molecule has 3 rings (SSSR count). The van der Waals surface area contributed by atoms with Crippen molar-refractivity contribution >= 4 is 18.1 Å². The average molecular weight is 360 g/mol. The molecule has 0 saturated heterocycles. The van der Waals surface area contributed by atoms with Crippen molar-refractivity contribution in [3.8, 4) is 5.75 Å². The van der Waals surface area contributed by atoms with Crippen molar-refractivity contribution in [2.45, 2.75) is 52.7 Å². The Hall–Kier alpha value is -2.15. The monoisotopic (exact) mass is 360 g/mol. The van der Waals surface area contributed by atoms with Crippen molar-refractivity contribution < 1.29 is 9.53 Å². The van der Waals surface area contributed by atoms with Crippen molar-refractivity contribution in [1.29, 1.82) is 0 Å². The molecule has 134 valence electrons. The van der Waals surface area contributed by atoms with E-state index in [2.05, 4.69) is 42.4 Å². The second-order valence-corrected chi connectivity index (χ2v) is 7.23. The fraction of sp³-hybridized carbons (Fsp3) is 0.500. The summed E-state index contributed by atoms with van der Waals surface area (Å²) in [5.74, 6) is 1.90. The zero-order valence-electron chi connectivity index (χ0n) is 15.0. The van der Waals surface area contributed by atoms with Gasteiger partial charge in [0.15, 0.2) is 10.9 Å². The molecule has 1 amide bonds. The van der Waals surface area contributed by atoms with Gasteiger partial charge in [-0.1, -0.05) is 19.9 Å². The minimum atomic E-state index is -0.460. The highest BCUT2D eigenvalue weighted by Gasteiger charge is 2.29. The van der Waals surface area contributed by atoms with Gasteiger partial charge in [-0.25, -0.2) is 0 Å². The fourth-order valence-corrected chi connectivity index (χ4v) is 3.28. The maximum Gasteiger partial charge on any atom is 0.261 e. The number of fused-ring (bicyclic) bond motifs is 1. The summed E-state index contributed by atoms with van der Waals surface area (Å²) in [6.45, 7) is 9.32. The van der Waals surface area contributed by atoms with Crippen LogP contribution in [0.1, 0.15) is 42.3 Å². The van der Waals surface area contributed by atoms with Crippen molar-refractivity contribution in [1.82, 2.24) is 20.1 Å². The van der Waals surface area contributed by atoms with Crippen LogP contribution in [0, 0.1) is 18.6 Å². The molecular weight excluding hydrogens is 336 g/mol. The molecule has 2 heterocycles. The van der Waals surface area contributed by atoms with E-state index in [0.29, 0.717) is 24.3 Å². The first-order valence-electron chi connectivity index (χ1n) is 8.56. The van der Waals surface area contributed by atoms with E-state index in [0.717, 1.165) is 17.1 Å². The highest BCUT2D eigenvalue weighted by Crippen LogP contribution is 2.31. The molecule has 0 spiro atoms. The summed E-state index contributed by atoms with van der Waals surface area (Å²) in [5, 5.41) is 10.0. The molecule has 1 aliphatic heterocycles. The number of benzene rings is 1. The van der Waals surface area contributed by atoms with Gasteiger partial charge in [-0.15, -0.1) is 0 Å². The largest absolute Gasteiger partial charge is 0.480 e. The van der Waals surface area contributed by atoms with Crippen LogP contribution < -0.4 is 10.1 Å². The lowest BCUT2D eigenvalue weighted by Gasteiger charge is -2.13. The summed E-state index contributed by atoms with van der Waals surface area (Å²) in [7, 11) is 0.